The van der Waals surface area contributed by atoms with Gasteiger partial charge in [0.15, 0.2) is 0 Å². The van der Waals surface area contributed by atoms with E-state index >= 15 is 0 Å². The molecule has 1 unspecified atom stereocenters. The summed E-state index contributed by atoms with van der Waals surface area (Å²) in [6, 6.07) is 0. The van der Waals surface area contributed by atoms with Gasteiger partial charge in [-0.05, 0) is 37.0 Å². The summed E-state index contributed by atoms with van der Waals surface area (Å²) in [6.45, 7) is 7.09. The van der Waals surface area contributed by atoms with Crippen molar-refractivity contribution in [3.63, 3.8) is 0 Å². The molecule has 0 N–H and O–H groups in total. The SMILES string of the molecule is CCCC(C)CC1(CCC)CCC1. The average molecular weight is 182 g/mol. The van der Waals surface area contributed by atoms with Crippen LogP contribution in [0.4, 0.5) is 0 Å². The van der Waals surface area contributed by atoms with Gasteiger partial charge in [-0.3, -0.25) is 0 Å². The molecule has 0 saturated heterocycles. The highest BCUT2D eigenvalue weighted by Crippen LogP contribution is 2.49. The number of rotatable bonds is 6. The minimum atomic E-state index is 0.795. The summed E-state index contributed by atoms with van der Waals surface area (Å²) in [4.78, 5) is 0. The molecule has 0 aromatic rings. The zero-order valence-corrected chi connectivity index (χ0v) is 9.73. The van der Waals surface area contributed by atoms with Crippen molar-refractivity contribution < 1.29 is 0 Å². The average Bonchev–Trinajstić information content (AvgIpc) is 2.01. The molecule has 0 radical (unpaired) electrons. The zero-order chi connectivity index (χ0) is 9.73. The second-order valence-electron chi connectivity index (χ2n) is 5.20. The number of hydrogen-bond donors (Lipinski definition) is 0. The van der Waals surface area contributed by atoms with Crippen molar-refractivity contribution in [1.29, 1.82) is 0 Å². The Kier molecular flexibility index (Phi) is 4.28. The van der Waals surface area contributed by atoms with Gasteiger partial charge >= 0.3 is 0 Å². The van der Waals surface area contributed by atoms with Crippen molar-refractivity contribution in [2.45, 2.75) is 72.1 Å². The lowest BCUT2D eigenvalue weighted by molar-refractivity contribution is 0.0816. The molecule has 0 aliphatic heterocycles. The van der Waals surface area contributed by atoms with E-state index in [9.17, 15) is 0 Å². The minimum absolute atomic E-state index is 0.795. The van der Waals surface area contributed by atoms with E-state index in [2.05, 4.69) is 20.8 Å². The summed E-state index contributed by atoms with van der Waals surface area (Å²) in [5, 5.41) is 0. The Bertz CT molecular complexity index is 133. The Balaban J connectivity index is 2.30. The summed E-state index contributed by atoms with van der Waals surface area (Å²) in [7, 11) is 0. The van der Waals surface area contributed by atoms with E-state index in [-0.39, 0.29) is 0 Å². The van der Waals surface area contributed by atoms with E-state index in [1.165, 1.54) is 51.4 Å². The van der Waals surface area contributed by atoms with Gasteiger partial charge in [0, 0.05) is 0 Å². The first-order chi connectivity index (χ1) is 6.22. The minimum Gasteiger partial charge on any atom is -0.0654 e. The fraction of sp³-hybridized carbons (Fsp3) is 1.00. The lowest BCUT2D eigenvalue weighted by Gasteiger charge is -2.44. The van der Waals surface area contributed by atoms with Crippen molar-refractivity contribution in [2.75, 3.05) is 0 Å². The Morgan fingerprint density at radius 2 is 1.85 bits per heavy atom. The molecule has 1 saturated carbocycles. The Hall–Kier alpha value is 0. The summed E-state index contributed by atoms with van der Waals surface area (Å²) in [5.74, 6) is 0.969. The molecule has 0 amide bonds. The molecule has 1 atom stereocenters. The second-order valence-corrected chi connectivity index (χ2v) is 5.20. The first-order valence-electron chi connectivity index (χ1n) is 6.22. The van der Waals surface area contributed by atoms with E-state index in [4.69, 9.17) is 0 Å². The first-order valence-corrected chi connectivity index (χ1v) is 6.22. The third kappa shape index (κ3) is 3.00. The predicted octanol–water partition coefficient (Wildman–Crippen LogP) is 4.78. The highest BCUT2D eigenvalue weighted by Gasteiger charge is 2.36. The van der Waals surface area contributed by atoms with Gasteiger partial charge in [-0.15, -0.1) is 0 Å². The Labute approximate surface area is 84.1 Å². The topological polar surface area (TPSA) is 0 Å². The quantitative estimate of drug-likeness (QED) is 0.554. The second kappa shape index (κ2) is 5.02. The van der Waals surface area contributed by atoms with Crippen LogP contribution in [0.25, 0.3) is 0 Å². The summed E-state index contributed by atoms with van der Waals surface area (Å²) in [5.41, 5.74) is 0.795. The molecule has 1 aliphatic carbocycles. The molecular weight excluding hydrogens is 156 g/mol. The van der Waals surface area contributed by atoms with E-state index in [0.717, 1.165) is 11.3 Å². The largest absolute Gasteiger partial charge is 0.0654 e. The van der Waals surface area contributed by atoms with Gasteiger partial charge in [0.1, 0.15) is 0 Å². The Morgan fingerprint density at radius 1 is 1.15 bits per heavy atom. The van der Waals surface area contributed by atoms with Gasteiger partial charge in [0.05, 0.1) is 0 Å². The van der Waals surface area contributed by atoms with Crippen LogP contribution in [0, 0.1) is 11.3 Å². The van der Waals surface area contributed by atoms with Gasteiger partial charge in [-0.2, -0.15) is 0 Å². The van der Waals surface area contributed by atoms with Crippen molar-refractivity contribution in [3.8, 4) is 0 Å². The molecule has 78 valence electrons. The summed E-state index contributed by atoms with van der Waals surface area (Å²) >= 11 is 0. The lowest BCUT2D eigenvalue weighted by Crippen LogP contribution is -2.31. The molecule has 0 heteroatoms. The van der Waals surface area contributed by atoms with Crippen LogP contribution < -0.4 is 0 Å². The number of hydrogen-bond acceptors (Lipinski definition) is 0. The molecule has 0 bridgehead atoms. The van der Waals surface area contributed by atoms with E-state index in [1.54, 1.807) is 0 Å². The molecule has 13 heavy (non-hydrogen) atoms. The van der Waals surface area contributed by atoms with Crippen molar-refractivity contribution >= 4 is 0 Å². The van der Waals surface area contributed by atoms with Crippen molar-refractivity contribution in [3.05, 3.63) is 0 Å². The zero-order valence-electron chi connectivity index (χ0n) is 9.73. The molecule has 1 rings (SSSR count). The van der Waals surface area contributed by atoms with Crippen LogP contribution in [0.2, 0.25) is 0 Å². The first kappa shape index (κ1) is 11.1. The van der Waals surface area contributed by atoms with Crippen LogP contribution in [0.5, 0.6) is 0 Å². The van der Waals surface area contributed by atoms with Crippen LogP contribution in [-0.4, -0.2) is 0 Å². The molecule has 0 spiro atoms. The van der Waals surface area contributed by atoms with Crippen LogP contribution in [0.15, 0.2) is 0 Å². The summed E-state index contributed by atoms with van der Waals surface area (Å²) < 4.78 is 0. The third-order valence-electron chi connectivity index (χ3n) is 3.76. The normalized spacial score (nSPS) is 22.4. The van der Waals surface area contributed by atoms with E-state index in [1.807, 2.05) is 0 Å². The smallest absolute Gasteiger partial charge is 0.0295 e. The maximum atomic E-state index is 2.44. The molecule has 0 aromatic carbocycles. The molecule has 0 nitrogen and oxygen atoms in total. The molecule has 1 fully saturated rings. The van der Waals surface area contributed by atoms with Crippen LogP contribution in [0.1, 0.15) is 72.1 Å². The summed E-state index contributed by atoms with van der Waals surface area (Å²) in [6.07, 6.45) is 11.7. The highest BCUT2D eigenvalue weighted by atomic mass is 14.4. The third-order valence-corrected chi connectivity index (χ3v) is 3.76. The maximum Gasteiger partial charge on any atom is -0.0295 e. The van der Waals surface area contributed by atoms with Gasteiger partial charge in [-0.1, -0.05) is 46.5 Å². The standard InChI is InChI=1S/C13H26/c1-4-7-12(3)11-13(8-5-2)9-6-10-13/h12H,4-11H2,1-3H3. The van der Waals surface area contributed by atoms with Crippen LogP contribution in [-0.2, 0) is 0 Å². The molecule has 0 heterocycles. The van der Waals surface area contributed by atoms with Gasteiger partial charge in [-0.25, -0.2) is 0 Å². The fourth-order valence-corrected chi connectivity index (χ4v) is 3.10. The van der Waals surface area contributed by atoms with Crippen LogP contribution >= 0.6 is 0 Å². The van der Waals surface area contributed by atoms with Crippen LogP contribution in [0.3, 0.4) is 0 Å². The monoisotopic (exact) mass is 182 g/mol. The van der Waals surface area contributed by atoms with Crippen molar-refractivity contribution in [1.82, 2.24) is 0 Å². The highest BCUT2D eigenvalue weighted by molar-refractivity contribution is 4.88. The van der Waals surface area contributed by atoms with Crippen molar-refractivity contribution in [2.24, 2.45) is 11.3 Å². The fourth-order valence-electron chi connectivity index (χ4n) is 3.10. The van der Waals surface area contributed by atoms with E-state index in [0.29, 0.717) is 0 Å². The predicted molar refractivity (Wildman–Crippen MR) is 59.9 cm³/mol. The van der Waals surface area contributed by atoms with Gasteiger partial charge < -0.3 is 0 Å². The molecule has 0 aromatic heterocycles. The molecule has 1 aliphatic rings. The Morgan fingerprint density at radius 3 is 2.23 bits per heavy atom. The van der Waals surface area contributed by atoms with Gasteiger partial charge in [0.25, 0.3) is 0 Å². The van der Waals surface area contributed by atoms with Gasteiger partial charge in [0.2, 0.25) is 0 Å². The van der Waals surface area contributed by atoms with E-state index < -0.39 is 0 Å². The lowest BCUT2D eigenvalue weighted by atomic mass is 9.62. The molecular formula is C13H26. The maximum absolute atomic E-state index is 2.44.